The van der Waals surface area contributed by atoms with Gasteiger partial charge in [-0.25, -0.2) is 0 Å². The lowest BCUT2D eigenvalue weighted by molar-refractivity contribution is 0.236. The maximum absolute atomic E-state index is 5.47. The van der Waals surface area contributed by atoms with Crippen LogP contribution in [0.3, 0.4) is 0 Å². The number of halogens is 1. The van der Waals surface area contributed by atoms with Crippen molar-refractivity contribution in [3.8, 4) is 0 Å². The highest BCUT2D eigenvalue weighted by atomic mass is 79.9. The summed E-state index contributed by atoms with van der Waals surface area (Å²) in [5.41, 5.74) is 2.43. The molecule has 1 aromatic carbocycles. The van der Waals surface area contributed by atoms with Gasteiger partial charge >= 0.3 is 0 Å². The van der Waals surface area contributed by atoms with Gasteiger partial charge in [0.15, 0.2) is 0 Å². The summed E-state index contributed by atoms with van der Waals surface area (Å²) >= 11 is 3.54. The second-order valence-corrected chi connectivity index (χ2v) is 6.98. The quantitative estimate of drug-likeness (QED) is 0.786. The Bertz CT molecular complexity index is 608. The third kappa shape index (κ3) is 3.38. The smallest absolute Gasteiger partial charge is 0.139 e. The summed E-state index contributed by atoms with van der Waals surface area (Å²) < 4.78 is 6.61. The average Bonchev–Trinajstić information content (AvgIpc) is 3.06. The maximum Gasteiger partial charge on any atom is 0.139 e. The SMILES string of the molecule is CC(C)c1cc([C@@H]2CCCN2Cc2cccc(Br)c2)no1. The molecule has 1 atom stereocenters. The van der Waals surface area contributed by atoms with Crippen LogP contribution in [0, 0.1) is 0 Å². The second kappa shape index (κ2) is 6.32. The van der Waals surface area contributed by atoms with Gasteiger partial charge in [-0.05, 0) is 37.1 Å². The van der Waals surface area contributed by atoms with Crippen LogP contribution in [0.5, 0.6) is 0 Å². The molecule has 0 aliphatic carbocycles. The maximum atomic E-state index is 5.47. The molecule has 2 aromatic rings. The van der Waals surface area contributed by atoms with Crippen LogP contribution < -0.4 is 0 Å². The molecule has 3 rings (SSSR count). The topological polar surface area (TPSA) is 29.3 Å². The Balaban J connectivity index is 1.75. The average molecular weight is 349 g/mol. The first-order valence-corrected chi connectivity index (χ1v) is 8.38. The van der Waals surface area contributed by atoms with E-state index in [0.717, 1.165) is 35.4 Å². The van der Waals surface area contributed by atoms with Gasteiger partial charge in [0.2, 0.25) is 0 Å². The fourth-order valence-corrected chi connectivity index (χ4v) is 3.40. The molecule has 1 saturated heterocycles. The highest BCUT2D eigenvalue weighted by molar-refractivity contribution is 9.10. The van der Waals surface area contributed by atoms with Crippen LogP contribution in [-0.4, -0.2) is 16.6 Å². The predicted octanol–water partition coefficient (Wildman–Crippen LogP) is 4.90. The zero-order valence-electron chi connectivity index (χ0n) is 12.6. The zero-order valence-corrected chi connectivity index (χ0v) is 14.1. The molecule has 1 aliphatic heterocycles. The fourth-order valence-electron chi connectivity index (χ4n) is 2.95. The Hall–Kier alpha value is -1.13. The summed E-state index contributed by atoms with van der Waals surface area (Å²) in [5.74, 6) is 1.38. The Morgan fingerprint density at radius 1 is 1.38 bits per heavy atom. The first-order valence-electron chi connectivity index (χ1n) is 7.58. The molecule has 0 saturated carbocycles. The number of nitrogens with zero attached hydrogens (tertiary/aromatic N) is 2. The van der Waals surface area contributed by atoms with E-state index in [4.69, 9.17) is 4.52 Å². The molecular formula is C17H21BrN2O. The van der Waals surface area contributed by atoms with Crippen molar-refractivity contribution >= 4 is 15.9 Å². The van der Waals surface area contributed by atoms with Crippen molar-refractivity contribution in [2.45, 2.75) is 45.2 Å². The van der Waals surface area contributed by atoms with Crippen molar-refractivity contribution in [1.82, 2.24) is 10.1 Å². The molecule has 0 amide bonds. The van der Waals surface area contributed by atoms with Crippen LogP contribution in [0.1, 0.15) is 55.7 Å². The number of hydrogen-bond acceptors (Lipinski definition) is 3. The standard InChI is InChI=1S/C17H21BrN2O/c1-12(2)17-10-15(19-21-17)16-7-4-8-20(16)11-13-5-3-6-14(18)9-13/h3,5-6,9-10,12,16H,4,7-8,11H2,1-2H3/t16-/m0/s1. The highest BCUT2D eigenvalue weighted by Gasteiger charge is 2.28. The van der Waals surface area contributed by atoms with Gasteiger partial charge in [-0.1, -0.05) is 47.1 Å². The number of hydrogen-bond donors (Lipinski definition) is 0. The number of aromatic nitrogens is 1. The molecule has 112 valence electrons. The van der Waals surface area contributed by atoms with Gasteiger partial charge in [-0.2, -0.15) is 0 Å². The lowest BCUT2D eigenvalue weighted by Crippen LogP contribution is -2.22. The van der Waals surface area contributed by atoms with Gasteiger partial charge in [0.05, 0.1) is 6.04 Å². The predicted molar refractivity (Wildman–Crippen MR) is 87.1 cm³/mol. The van der Waals surface area contributed by atoms with Gasteiger partial charge in [-0.15, -0.1) is 0 Å². The third-order valence-corrected chi connectivity index (χ3v) is 4.59. The molecular weight excluding hydrogens is 328 g/mol. The second-order valence-electron chi connectivity index (χ2n) is 6.07. The van der Waals surface area contributed by atoms with Gasteiger partial charge in [0, 0.05) is 23.0 Å². The molecule has 3 nitrogen and oxygen atoms in total. The van der Waals surface area contributed by atoms with Crippen LogP contribution in [-0.2, 0) is 6.54 Å². The number of likely N-dealkylation sites (tertiary alicyclic amines) is 1. The molecule has 0 N–H and O–H groups in total. The number of benzene rings is 1. The van der Waals surface area contributed by atoms with E-state index in [2.05, 4.69) is 70.2 Å². The van der Waals surface area contributed by atoms with Gasteiger partial charge in [0.25, 0.3) is 0 Å². The molecule has 1 aromatic heterocycles. The molecule has 1 fully saturated rings. The summed E-state index contributed by atoms with van der Waals surface area (Å²) in [7, 11) is 0. The lowest BCUT2D eigenvalue weighted by Gasteiger charge is -2.22. The largest absolute Gasteiger partial charge is 0.361 e. The summed E-state index contributed by atoms with van der Waals surface area (Å²) in [6.07, 6.45) is 2.39. The van der Waals surface area contributed by atoms with E-state index in [-0.39, 0.29) is 0 Å². The minimum Gasteiger partial charge on any atom is -0.361 e. The summed E-state index contributed by atoms with van der Waals surface area (Å²) in [5, 5.41) is 4.30. The highest BCUT2D eigenvalue weighted by Crippen LogP contribution is 2.33. The monoisotopic (exact) mass is 348 g/mol. The van der Waals surface area contributed by atoms with Crippen LogP contribution in [0.15, 0.2) is 39.3 Å². The van der Waals surface area contributed by atoms with Crippen molar-refractivity contribution in [2.24, 2.45) is 0 Å². The van der Waals surface area contributed by atoms with E-state index >= 15 is 0 Å². The van der Waals surface area contributed by atoms with Crippen molar-refractivity contribution in [3.63, 3.8) is 0 Å². The van der Waals surface area contributed by atoms with E-state index in [1.165, 1.54) is 12.0 Å². The zero-order chi connectivity index (χ0) is 14.8. The number of rotatable bonds is 4. The van der Waals surface area contributed by atoms with Crippen LogP contribution in [0.25, 0.3) is 0 Å². The Morgan fingerprint density at radius 3 is 2.95 bits per heavy atom. The van der Waals surface area contributed by atoms with Gasteiger partial charge in [-0.3, -0.25) is 4.90 Å². The van der Waals surface area contributed by atoms with Gasteiger partial charge in [0.1, 0.15) is 11.5 Å². The van der Waals surface area contributed by atoms with E-state index in [1.807, 2.05) is 0 Å². The molecule has 21 heavy (non-hydrogen) atoms. The Kier molecular flexibility index (Phi) is 4.45. The van der Waals surface area contributed by atoms with Crippen molar-refractivity contribution in [3.05, 3.63) is 51.8 Å². The van der Waals surface area contributed by atoms with Crippen molar-refractivity contribution in [1.29, 1.82) is 0 Å². The molecule has 0 unspecified atom stereocenters. The molecule has 0 spiro atoms. The van der Waals surface area contributed by atoms with Crippen LogP contribution in [0.2, 0.25) is 0 Å². The molecule has 0 bridgehead atoms. The third-order valence-electron chi connectivity index (χ3n) is 4.10. The summed E-state index contributed by atoms with van der Waals surface area (Å²) in [6, 6.07) is 11.1. The summed E-state index contributed by atoms with van der Waals surface area (Å²) in [4.78, 5) is 2.50. The first kappa shape index (κ1) is 14.8. The van der Waals surface area contributed by atoms with Crippen molar-refractivity contribution in [2.75, 3.05) is 6.54 Å². The fraction of sp³-hybridized carbons (Fsp3) is 0.471. The van der Waals surface area contributed by atoms with Crippen molar-refractivity contribution < 1.29 is 4.52 Å². The van der Waals surface area contributed by atoms with E-state index in [9.17, 15) is 0 Å². The van der Waals surface area contributed by atoms with E-state index in [0.29, 0.717) is 12.0 Å². The Labute approximate surface area is 134 Å². The minimum atomic E-state index is 0.389. The normalized spacial score (nSPS) is 19.5. The lowest BCUT2D eigenvalue weighted by atomic mass is 10.1. The molecule has 4 heteroatoms. The molecule has 2 heterocycles. The van der Waals surface area contributed by atoms with E-state index in [1.54, 1.807) is 0 Å². The molecule has 0 radical (unpaired) electrons. The van der Waals surface area contributed by atoms with E-state index < -0.39 is 0 Å². The first-order chi connectivity index (χ1) is 10.1. The van der Waals surface area contributed by atoms with Crippen LogP contribution >= 0.6 is 15.9 Å². The molecule has 1 aliphatic rings. The summed E-state index contributed by atoms with van der Waals surface area (Å²) in [6.45, 7) is 6.37. The Morgan fingerprint density at radius 2 is 2.24 bits per heavy atom. The van der Waals surface area contributed by atoms with Gasteiger partial charge < -0.3 is 4.52 Å². The minimum absolute atomic E-state index is 0.389. The van der Waals surface area contributed by atoms with Crippen LogP contribution in [0.4, 0.5) is 0 Å².